The molecule has 0 aliphatic heterocycles. The molecular formula is C15H26N2O2S. The summed E-state index contributed by atoms with van der Waals surface area (Å²) in [6, 6.07) is 3.65. The van der Waals surface area contributed by atoms with Gasteiger partial charge in [0.05, 0.1) is 4.90 Å². The number of aryl methyl sites for hydroxylation is 1. The van der Waals surface area contributed by atoms with Crippen LogP contribution in [0, 0.1) is 0 Å². The van der Waals surface area contributed by atoms with E-state index in [0.717, 1.165) is 30.4 Å². The Morgan fingerprint density at radius 3 is 2.30 bits per heavy atom. The molecule has 20 heavy (non-hydrogen) atoms. The molecule has 0 fully saturated rings. The summed E-state index contributed by atoms with van der Waals surface area (Å²) in [7, 11) is -1.82. The van der Waals surface area contributed by atoms with Crippen LogP contribution in [-0.2, 0) is 22.9 Å². The SMILES string of the molecule is CCCCN(C)S(=O)(=O)c1cc(CC)cc(N)c1CC. The molecule has 1 rings (SSSR count). The summed E-state index contributed by atoms with van der Waals surface area (Å²) >= 11 is 0. The van der Waals surface area contributed by atoms with Gasteiger partial charge >= 0.3 is 0 Å². The number of sulfonamides is 1. The third-order valence-electron chi connectivity index (χ3n) is 3.58. The van der Waals surface area contributed by atoms with Crippen molar-refractivity contribution in [2.24, 2.45) is 0 Å². The van der Waals surface area contributed by atoms with E-state index in [2.05, 4.69) is 0 Å². The van der Waals surface area contributed by atoms with Gasteiger partial charge in [-0.2, -0.15) is 0 Å². The molecule has 0 radical (unpaired) electrons. The summed E-state index contributed by atoms with van der Waals surface area (Å²) in [5.41, 5.74) is 8.29. The Hall–Kier alpha value is -1.07. The van der Waals surface area contributed by atoms with Crippen molar-refractivity contribution in [1.82, 2.24) is 4.31 Å². The molecule has 0 aliphatic carbocycles. The van der Waals surface area contributed by atoms with E-state index in [1.807, 2.05) is 26.8 Å². The molecule has 0 heterocycles. The highest BCUT2D eigenvalue weighted by Gasteiger charge is 2.24. The summed E-state index contributed by atoms with van der Waals surface area (Å²) in [6.45, 7) is 6.52. The normalized spacial score (nSPS) is 12.1. The number of hydrogen-bond donors (Lipinski definition) is 1. The van der Waals surface area contributed by atoms with Gasteiger partial charge in [-0.1, -0.05) is 27.2 Å². The Morgan fingerprint density at radius 1 is 1.15 bits per heavy atom. The number of nitrogens with two attached hydrogens (primary N) is 1. The first-order valence-corrected chi connectivity index (χ1v) is 8.70. The zero-order chi connectivity index (χ0) is 15.3. The largest absolute Gasteiger partial charge is 0.398 e. The van der Waals surface area contributed by atoms with Gasteiger partial charge in [0.15, 0.2) is 0 Å². The second kappa shape index (κ2) is 7.09. The molecule has 0 aliphatic rings. The molecule has 0 atom stereocenters. The molecule has 1 aromatic rings. The minimum Gasteiger partial charge on any atom is -0.398 e. The van der Waals surface area contributed by atoms with E-state index >= 15 is 0 Å². The number of nitrogens with zero attached hydrogens (tertiary/aromatic N) is 1. The Labute approximate surface area is 123 Å². The zero-order valence-corrected chi connectivity index (χ0v) is 13.8. The van der Waals surface area contributed by atoms with Gasteiger partial charge in [-0.3, -0.25) is 0 Å². The maximum atomic E-state index is 12.7. The van der Waals surface area contributed by atoms with Crippen molar-refractivity contribution in [3.63, 3.8) is 0 Å². The fourth-order valence-corrected chi connectivity index (χ4v) is 3.79. The van der Waals surface area contributed by atoms with Crippen molar-refractivity contribution in [2.45, 2.75) is 51.3 Å². The van der Waals surface area contributed by atoms with E-state index in [0.29, 0.717) is 23.5 Å². The van der Waals surface area contributed by atoms with Crippen molar-refractivity contribution < 1.29 is 8.42 Å². The Morgan fingerprint density at radius 2 is 1.80 bits per heavy atom. The summed E-state index contributed by atoms with van der Waals surface area (Å²) in [4.78, 5) is 0.371. The van der Waals surface area contributed by atoms with E-state index in [-0.39, 0.29) is 0 Å². The lowest BCUT2D eigenvalue weighted by atomic mass is 10.1. The monoisotopic (exact) mass is 298 g/mol. The molecule has 0 saturated heterocycles. The fourth-order valence-electron chi connectivity index (χ4n) is 2.21. The number of hydrogen-bond acceptors (Lipinski definition) is 3. The Bertz CT molecular complexity index is 553. The highest BCUT2D eigenvalue weighted by Crippen LogP contribution is 2.27. The van der Waals surface area contributed by atoms with Gasteiger partial charge in [0.2, 0.25) is 10.0 Å². The quantitative estimate of drug-likeness (QED) is 0.787. The van der Waals surface area contributed by atoms with Gasteiger partial charge in [0.1, 0.15) is 0 Å². The first kappa shape index (κ1) is 17.0. The number of benzene rings is 1. The molecule has 114 valence electrons. The van der Waals surface area contributed by atoms with Crippen LogP contribution in [0.1, 0.15) is 44.7 Å². The van der Waals surface area contributed by atoms with Gasteiger partial charge < -0.3 is 5.73 Å². The number of anilines is 1. The summed E-state index contributed by atoms with van der Waals surface area (Å²) in [5.74, 6) is 0. The van der Waals surface area contributed by atoms with Crippen LogP contribution in [-0.4, -0.2) is 26.3 Å². The predicted molar refractivity (Wildman–Crippen MR) is 84.3 cm³/mol. The number of nitrogen functional groups attached to an aromatic ring is 1. The van der Waals surface area contributed by atoms with Gasteiger partial charge in [-0.25, -0.2) is 12.7 Å². The average Bonchev–Trinajstić information content (AvgIpc) is 2.43. The summed E-state index contributed by atoms with van der Waals surface area (Å²) in [5, 5.41) is 0. The first-order valence-electron chi connectivity index (χ1n) is 7.26. The predicted octanol–water partition coefficient (Wildman–Crippen LogP) is 2.81. The number of rotatable bonds is 7. The van der Waals surface area contributed by atoms with Crippen LogP contribution in [0.4, 0.5) is 5.69 Å². The van der Waals surface area contributed by atoms with Crippen LogP contribution < -0.4 is 5.73 Å². The maximum Gasteiger partial charge on any atom is 0.243 e. The topological polar surface area (TPSA) is 63.4 Å². The number of unbranched alkanes of at least 4 members (excludes halogenated alkanes) is 1. The molecule has 0 bridgehead atoms. The van der Waals surface area contributed by atoms with Crippen LogP contribution in [0.15, 0.2) is 17.0 Å². The van der Waals surface area contributed by atoms with Gasteiger partial charge in [0.25, 0.3) is 0 Å². The summed E-state index contributed by atoms with van der Waals surface area (Å²) < 4.78 is 26.9. The zero-order valence-electron chi connectivity index (χ0n) is 12.9. The third-order valence-corrected chi connectivity index (χ3v) is 5.50. The molecule has 5 heteroatoms. The van der Waals surface area contributed by atoms with Crippen molar-refractivity contribution in [3.8, 4) is 0 Å². The standard InChI is InChI=1S/C15H26N2O2S/c1-5-8-9-17(4)20(18,19)15-11-12(6-2)10-14(16)13(15)7-3/h10-11H,5-9,16H2,1-4H3. The van der Waals surface area contributed by atoms with E-state index in [1.165, 1.54) is 4.31 Å². The van der Waals surface area contributed by atoms with E-state index in [1.54, 1.807) is 13.1 Å². The smallest absolute Gasteiger partial charge is 0.243 e. The van der Waals surface area contributed by atoms with Crippen LogP contribution in [0.5, 0.6) is 0 Å². The van der Waals surface area contributed by atoms with Crippen molar-refractivity contribution in [1.29, 1.82) is 0 Å². The highest BCUT2D eigenvalue weighted by molar-refractivity contribution is 7.89. The van der Waals surface area contributed by atoms with Crippen molar-refractivity contribution >= 4 is 15.7 Å². The third kappa shape index (κ3) is 3.52. The van der Waals surface area contributed by atoms with Crippen LogP contribution >= 0.6 is 0 Å². The Kier molecular flexibility index (Phi) is 6.02. The lowest BCUT2D eigenvalue weighted by Crippen LogP contribution is -2.29. The molecule has 0 unspecified atom stereocenters. The van der Waals surface area contributed by atoms with E-state index < -0.39 is 10.0 Å². The molecule has 0 spiro atoms. The lowest BCUT2D eigenvalue weighted by molar-refractivity contribution is 0.458. The Balaban J connectivity index is 3.32. The minimum atomic E-state index is -3.46. The average molecular weight is 298 g/mol. The molecular weight excluding hydrogens is 272 g/mol. The molecule has 4 nitrogen and oxygen atoms in total. The van der Waals surface area contributed by atoms with Crippen LogP contribution in [0.2, 0.25) is 0 Å². The van der Waals surface area contributed by atoms with E-state index in [4.69, 9.17) is 5.73 Å². The van der Waals surface area contributed by atoms with Crippen molar-refractivity contribution in [3.05, 3.63) is 23.3 Å². The molecule has 2 N–H and O–H groups in total. The van der Waals surface area contributed by atoms with Gasteiger partial charge in [-0.15, -0.1) is 0 Å². The molecule has 1 aromatic carbocycles. The van der Waals surface area contributed by atoms with Crippen LogP contribution in [0.25, 0.3) is 0 Å². The van der Waals surface area contributed by atoms with Gasteiger partial charge in [0, 0.05) is 19.3 Å². The van der Waals surface area contributed by atoms with Crippen LogP contribution in [0.3, 0.4) is 0 Å². The molecule has 0 amide bonds. The second-order valence-corrected chi connectivity index (χ2v) is 7.06. The van der Waals surface area contributed by atoms with Crippen molar-refractivity contribution in [2.75, 3.05) is 19.3 Å². The fraction of sp³-hybridized carbons (Fsp3) is 0.600. The van der Waals surface area contributed by atoms with E-state index in [9.17, 15) is 8.42 Å². The first-order chi connectivity index (χ1) is 9.38. The lowest BCUT2D eigenvalue weighted by Gasteiger charge is -2.20. The minimum absolute atomic E-state index is 0.371. The molecule has 0 aromatic heterocycles. The maximum absolute atomic E-state index is 12.7. The summed E-state index contributed by atoms with van der Waals surface area (Å²) in [6.07, 6.45) is 3.22. The highest BCUT2D eigenvalue weighted by atomic mass is 32.2. The molecule has 0 saturated carbocycles. The van der Waals surface area contributed by atoms with Gasteiger partial charge in [-0.05, 0) is 42.5 Å². The second-order valence-electron chi connectivity index (χ2n) is 5.05.